The minimum absolute atomic E-state index is 1.16. The molecule has 1 radical (unpaired) electrons. The number of nitrogens with zero attached hydrogens (tertiary/aromatic N) is 1. The zero-order valence-corrected chi connectivity index (χ0v) is 6.20. The molecule has 1 heteroatoms. The van der Waals surface area contributed by atoms with Crippen molar-refractivity contribution in [2.24, 2.45) is 0 Å². The van der Waals surface area contributed by atoms with Gasteiger partial charge in [0.2, 0.25) is 12.6 Å². The lowest BCUT2D eigenvalue weighted by atomic mass is 10.2. The van der Waals surface area contributed by atoms with Crippen LogP contribution in [0.25, 0.3) is 10.9 Å². The summed E-state index contributed by atoms with van der Waals surface area (Å²) in [6.45, 7) is 0. The highest BCUT2D eigenvalue weighted by Gasteiger charge is 1.99. The van der Waals surface area contributed by atoms with E-state index in [1.165, 1.54) is 5.39 Å². The van der Waals surface area contributed by atoms with Crippen LogP contribution in [0.3, 0.4) is 0 Å². The maximum Gasteiger partial charge on any atom is 0.212 e. The van der Waals surface area contributed by atoms with E-state index in [9.17, 15) is 0 Å². The number of rotatable bonds is 0. The van der Waals surface area contributed by atoms with Crippen molar-refractivity contribution in [3.8, 4) is 0 Å². The lowest BCUT2D eigenvalue weighted by Gasteiger charge is -1.92. The Balaban J connectivity index is 2.91. The monoisotopic (exact) mass is 143 g/mol. The summed E-state index contributed by atoms with van der Waals surface area (Å²) in [6.07, 6.45) is 1.95. The standard InChI is InChI=1S/C10H9N/c1-11-8-4-6-9-5-2-3-7-10(9)11/h2-8H,1H2/q+1. The van der Waals surface area contributed by atoms with Gasteiger partial charge in [-0.3, -0.25) is 0 Å². The summed E-state index contributed by atoms with van der Waals surface area (Å²) in [5.74, 6) is 0. The second kappa shape index (κ2) is 2.35. The first kappa shape index (κ1) is 6.35. The normalized spacial score (nSPS) is 10.3. The minimum atomic E-state index is 1.16. The summed E-state index contributed by atoms with van der Waals surface area (Å²) in [5.41, 5.74) is 1.16. The molecule has 11 heavy (non-hydrogen) atoms. The average Bonchev–Trinajstić information content (AvgIpc) is 2.06. The zero-order chi connectivity index (χ0) is 7.68. The highest BCUT2D eigenvalue weighted by atomic mass is 14.9. The predicted octanol–water partition coefficient (Wildman–Crippen LogP) is 1.77. The van der Waals surface area contributed by atoms with E-state index in [1.807, 2.05) is 29.0 Å². The van der Waals surface area contributed by atoms with Crippen molar-refractivity contribution in [2.45, 2.75) is 0 Å². The van der Waals surface area contributed by atoms with Crippen LogP contribution >= 0.6 is 0 Å². The molecule has 0 aliphatic rings. The summed E-state index contributed by atoms with van der Waals surface area (Å²) in [7, 11) is 3.87. The highest BCUT2D eigenvalue weighted by molar-refractivity contribution is 5.74. The van der Waals surface area contributed by atoms with Crippen LogP contribution in [0.4, 0.5) is 0 Å². The second-order valence-electron chi connectivity index (χ2n) is 2.54. The quantitative estimate of drug-likeness (QED) is 0.495. The smallest absolute Gasteiger partial charge is 0.192 e. The Morgan fingerprint density at radius 3 is 2.55 bits per heavy atom. The number of fused-ring (bicyclic) bond motifs is 1. The minimum Gasteiger partial charge on any atom is -0.192 e. The van der Waals surface area contributed by atoms with Crippen LogP contribution < -0.4 is 4.57 Å². The molecule has 0 N–H and O–H groups in total. The van der Waals surface area contributed by atoms with Crippen molar-refractivity contribution in [3.05, 3.63) is 49.6 Å². The molecule has 0 aliphatic heterocycles. The largest absolute Gasteiger partial charge is 0.212 e. The molecule has 1 heterocycles. The van der Waals surface area contributed by atoms with Gasteiger partial charge >= 0.3 is 0 Å². The van der Waals surface area contributed by atoms with Crippen molar-refractivity contribution in [1.82, 2.24) is 0 Å². The van der Waals surface area contributed by atoms with Gasteiger partial charge in [0.25, 0.3) is 0 Å². The van der Waals surface area contributed by atoms with Gasteiger partial charge in [0.15, 0.2) is 6.20 Å². The van der Waals surface area contributed by atoms with E-state index in [-0.39, 0.29) is 0 Å². The Hall–Kier alpha value is -1.37. The Bertz CT molecular complexity index is 374. The van der Waals surface area contributed by atoms with Crippen LogP contribution in [0.2, 0.25) is 0 Å². The molecule has 2 aromatic rings. The third-order valence-electron chi connectivity index (χ3n) is 1.79. The van der Waals surface area contributed by atoms with Gasteiger partial charge in [0.05, 0.1) is 0 Å². The molecule has 0 saturated carbocycles. The van der Waals surface area contributed by atoms with Gasteiger partial charge in [-0.25, -0.2) is 0 Å². The van der Waals surface area contributed by atoms with Gasteiger partial charge in [0, 0.05) is 17.5 Å². The van der Waals surface area contributed by atoms with E-state index in [0.717, 1.165) is 5.52 Å². The highest BCUT2D eigenvalue weighted by Crippen LogP contribution is 2.06. The molecule has 0 amide bonds. The van der Waals surface area contributed by atoms with Gasteiger partial charge in [-0.15, -0.1) is 0 Å². The maximum atomic E-state index is 3.87. The maximum absolute atomic E-state index is 3.87. The Morgan fingerprint density at radius 1 is 1.00 bits per heavy atom. The Morgan fingerprint density at radius 2 is 1.73 bits per heavy atom. The van der Waals surface area contributed by atoms with Crippen LogP contribution in [0, 0.1) is 7.05 Å². The first-order valence-corrected chi connectivity index (χ1v) is 3.58. The SMILES string of the molecule is [CH2][n+]1cccc2ccccc21. The van der Waals surface area contributed by atoms with Gasteiger partial charge < -0.3 is 0 Å². The van der Waals surface area contributed by atoms with E-state index < -0.39 is 0 Å². The fraction of sp³-hybridized carbons (Fsp3) is 0. The molecule has 0 bridgehead atoms. The molecule has 1 nitrogen and oxygen atoms in total. The molecular weight excluding hydrogens is 134 g/mol. The summed E-state index contributed by atoms with van der Waals surface area (Å²) in [5, 5.41) is 1.23. The molecule has 1 aromatic heterocycles. The molecule has 0 saturated heterocycles. The Labute approximate surface area is 65.9 Å². The lowest BCUT2D eigenvalue weighted by molar-refractivity contribution is -0.584. The first-order chi connectivity index (χ1) is 5.38. The molecule has 2 rings (SSSR count). The lowest BCUT2D eigenvalue weighted by Crippen LogP contribution is -2.24. The topological polar surface area (TPSA) is 3.88 Å². The summed E-state index contributed by atoms with van der Waals surface area (Å²) >= 11 is 0. The van der Waals surface area contributed by atoms with Crippen molar-refractivity contribution < 1.29 is 4.57 Å². The number of hydrogen-bond donors (Lipinski definition) is 0. The molecular formula is C10H9N+. The molecule has 0 spiro atoms. The van der Waals surface area contributed by atoms with Gasteiger partial charge in [-0.05, 0) is 12.1 Å². The van der Waals surface area contributed by atoms with Crippen molar-refractivity contribution in [2.75, 3.05) is 0 Å². The van der Waals surface area contributed by atoms with Gasteiger partial charge in [-0.2, -0.15) is 4.57 Å². The number of para-hydroxylation sites is 1. The van der Waals surface area contributed by atoms with E-state index in [4.69, 9.17) is 0 Å². The van der Waals surface area contributed by atoms with Crippen molar-refractivity contribution in [3.63, 3.8) is 0 Å². The van der Waals surface area contributed by atoms with Gasteiger partial charge in [0.1, 0.15) is 0 Å². The van der Waals surface area contributed by atoms with Crippen LogP contribution in [0.15, 0.2) is 42.6 Å². The van der Waals surface area contributed by atoms with Crippen LogP contribution in [0.5, 0.6) is 0 Å². The molecule has 53 valence electrons. The van der Waals surface area contributed by atoms with Crippen molar-refractivity contribution >= 4 is 10.9 Å². The fourth-order valence-electron chi connectivity index (χ4n) is 1.22. The third-order valence-corrected chi connectivity index (χ3v) is 1.79. The van der Waals surface area contributed by atoms with Crippen LogP contribution in [-0.2, 0) is 0 Å². The number of aromatic nitrogens is 1. The van der Waals surface area contributed by atoms with E-state index in [2.05, 4.69) is 25.2 Å². The Kier molecular flexibility index (Phi) is 1.35. The van der Waals surface area contributed by atoms with E-state index in [1.54, 1.807) is 0 Å². The zero-order valence-electron chi connectivity index (χ0n) is 6.20. The molecule has 0 aliphatic carbocycles. The van der Waals surface area contributed by atoms with Crippen LogP contribution in [-0.4, -0.2) is 0 Å². The number of benzene rings is 1. The van der Waals surface area contributed by atoms with Gasteiger partial charge in [-0.1, -0.05) is 12.1 Å². The fourth-order valence-corrected chi connectivity index (χ4v) is 1.22. The molecule has 0 unspecified atom stereocenters. The first-order valence-electron chi connectivity index (χ1n) is 3.58. The average molecular weight is 143 g/mol. The van der Waals surface area contributed by atoms with E-state index >= 15 is 0 Å². The van der Waals surface area contributed by atoms with Crippen molar-refractivity contribution in [1.29, 1.82) is 0 Å². The third kappa shape index (κ3) is 0.984. The summed E-state index contributed by atoms with van der Waals surface area (Å²) in [6, 6.07) is 12.3. The summed E-state index contributed by atoms with van der Waals surface area (Å²) < 4.78 is 1.87. The predicted molar refractivity (Wildman–Crippen MR) is 44.9 cm³/mol. The number of hydrogen-bond acceptors (Lipinski definition) is 0. The summed E-state index contributed by atoms with van der Waals surface area (Å²) in [4.78, 5) is 0. The van der Waals surface area contributed by atoms with E-state index in [0.29, 0.717) is 0 Å². The molecule has 0 atom stereocenters. The second-order valence-corrected chi connectivity index (χ2v) is 2.54. The molecule has 0 fully saturated rings. The van der Waals surface area contributed by atoms with Crippen LogP contribution in [0.1, 0.15) is 0 Å². The molecule has 1 aromatic carbocycles. The number of pyridine rings is 1.